The molecule has 8 heteroatoms. The Kier molecular flexibility index (Phi) is 6.47. The van der Waals surface area contributed by atoms with E-state index in [0.29, 0.717) is 28.3 Å². The van der Waals surface area contributed by atoms with Crippen LogP contribution >= 0.6 is 0 Å². The fraction of sp³-hybridized carbons (Fsp3) is 0.318. The molecule has 0 saturated carbocycles. The van der Waals surface area contributed by atoms with E-state index in [9.17, 15) is 22.5 Å². The van der Waals surface area contributed by atoms with Crippen LogP contribution in [0.25, 0.3) is 22.4 Å². The summed E-state index contributed by atoms with van der Waals surface area (Å²) in [7, 11) is -1.25. The van der Waals surface area contributed by atoms with Gasteiger partial charge in [0.1, 0.15) is 0 Å². The van der Waals surface area contributed by atoms with Gasteiger partial charge in [-0.25, -0.2) is 0 Å². The van der Waals surface area contributed by atoms with Crippen molar-refractivity contribution in [1.82, 2.24) is 9.78 Å². The van der Waals surface area contributed by atoms with Gasteiger partial charge in [0, 0.05) is 17.7 Å². The molecule has 0 aliphatic rings. The van der Waals surface area contributed by atoms with E-state index in [-0.39, 0.29) is 12.5 Å². The molecule has 0 radical (unpaired) electrons. The van der Waals surface area contributed by atoms with Gasteiger partial charge in [0.05, 0.1) is 23.1 Å². The molecule has 1 unspecified atom stereocenters. The second-order valence-electron chi connectivity index (χ2n) is 7.50. The molecule has 0 aliphatic carbocycles. The molecule has 160 valence electrons. The first-order chi connectivity index (χ1) is 14.1. The summed E-state index contributed by atoms with van der Waals surface area (Å²) in [6, 6.07) is 13.5. The number of aliphatic hydroxyl groups excluding tert-OH is 1. The summed E-state index contributed by atoms with van der Waals surface area (Å²) in [5.74, 6) is 0.141. The van der Waals surface area contributed by atoms with E-state index in [0.717, 1.165) is 17.2 Å². The third kappa shape index (κ3) is 4.82. The van der Waals surface area contributed by atoms with Gasteiger partial charge in [0.2, 0.25) is 0 Å². The van der Waals surface area contributed by atoms with Gasteiger partial charge < -0.3 is 5.11 Å². The average molecular weight is 436 g/mol. The lowest BCUT2D eigenvalue weighted by Crippen LogP contribution is -2.11. The van der Waals surface area contributed by atoms with Crippen LogP contribution in [0.4, 0.5) is 13.2 Å². The van der Waals surface area contributed by atoms with E-state index >= 15 is 0 Å². The number of rotatable bonds is 6. The van der Waals surface area contributed by atoms with E-state index in [1.165, 1.54) is 4.68 Å². The van der Waals surface area contributed by atoms with Crippen molar-refractivity contribution in [3.8, 4) is 22.4 Å². The second-order valence-corrected chi connectivity index (χ2v) is 8.85. The number of benzene rings is 2. The normalized spacial score (nSPS) is 13.1. The summed E-state index contributed by atoms with van der Waals surface area (Å²) < 4.78 is 52.9. The number of hydrogen-bond acceptors (Lipinski definition) is 3. The van der Waals surface area contributed by atoms with Gasteiger partial charge in [-0.1, -0.05) is 50.2 Å². The van der Waals surface area contributed by atoms with E-state index < -0.39 is 22.7 Å². The molecular weight excluding hydrogens is 413 g/mol. The average Bonchev–Trinajstić information content (AvgIpc) is 3.11. The van der Waals surface area contributed by atoms with Gasteiger partial charge in [-0.05, 0) is 40.3 Å². The molecule has 1 heterocycles. The van der Waals surface area contributed by atoms with Gasteiger partial charge in [-0.2, -0.15) is 18.3 Å². The Labute approximate surface area is 175 Å². The molecule has 1 N–H and O–H groups in total. The van der Waals surface area contributed by atoms with Crippen molar-refractivity contribution in [1.29, 1.82) is 0 Å². The lowest BCUT2D eigenvalue weighted by Gasteiger charge is -2.11. The highest BCUT2D eigenvalue weighted by atomic mass is 32.2. The monoisotopic (exact) mass is 436 g/mol. The predicted molar refractivity (Wildman–Crippen MR) is 111 cm³/mol. The molecule has 1 aromatic heterocycles. The highest BCUT2D eigenvalue weighted by molar-refractivity contribution is 7.84. The summed E-state index contributed by atoms with van der Waals surface area (Å²) in [4.78, 5) is 0.559. The topological polar surface area (TPSA) is 55.1 Å². The van der Waals surface area contributed by atoms with Crippen LogP contribution in [0.15, 0.2) is 53.4 Å². The van der Waals surface area contributed by atoms with E-state index in [1.807, 2.05) is 32.0 Å². The summed E-state index contributed by atoms with van der Waals surface area (Å²) in [6.07, 6.45) is -2.95. The fourth-order valence-corrected chi connectivity index (χ4v) is 4.03. The molecule has 3 rings (SSSR count). The third-order valence-electron chi connectivity index (χ3n) is 4.67. The zero-order valence-corrected chi connectivity index (χ0v) is 17.7. The van der Waals surface area contributed by atoms with Crippen LogP contribution in [0.1, 0.15) is 25.1 Å². The van der Waals surface area contributed by atoms with Crippen LogP contribution in [-0.4, -0.2) is 25.4 Å². The Morgan fingerprint density at radius 3 is 2.17 bits per heavy atom. The lowest BCUT2D eigenvalue weighted by atomic mass is 10.0. The maximum atomic E-state index is 13.2. The first-order valence-electron chi connectivity index (χ1n) is 9.43. The Hall–Kier alpha value is -2.45. The zero-order chi connectivity index (χ0) is 22.1. The van der Waals surface area contributed by atoms with Crippen LogP contribution in [0.3, 0.4) is 0 Å². The van der Waals surface area contributed by atoms with Gasteiger partial charge in [0.25, 0.3) is 0 Å². The molecule has 1 atom stereocenters. The molecule has 0 saturated heterocycles. The van der Waals surface area contributed by atoms with Crippen molar-refractivity contribution in [2.75, 3.05) is 6.26 Å². The number of nitrogens with zero attached hydrogens (tertiary/aromatic N) is 2. The molecule has 30 heavy (non-hydrogen) atoms. The second kappa shape index (κ2) is 8.73. The summed E-state index contributed by atoms with van der Waals surface area (Å²) in [5, 5.41) is 13.2. The summed E-state index contributed by atoms with van der Waals surface area (Å²) in [5.41, 5.74) is 2.39. The third-order valence-corrected chi connectivity index (χ3v) is 5.67. The van der Waals surface area contributed by atoms with Crippen molar-refractivity contribution >= 4 is 10.8 Å². The summed E-state index contributed by atoms with van der Waals surface area (Å²) in [6.45, 7) is 4.03. The standard InChI is InChI=1S/C22H23F3N2O2S/c1-14(2)12-27-19(11-21(26-27)22(23,24)25)16-6-4-15(5-7-16)17-8-9-18(13-28)20(10-17)30(3)29/h4-11,14,28H,12-13H2,1-3H3. The Bertz CT molecular complexity index is 1060. The number of alkyl halides is 3. The van der Waals surface area contributed by atoms with E-state index in [4.69, 9.17) is 0 Å². The molecular formula is C22H23F3N2O2S. The van der Waals surface area contributed by atoms with Gasteiger partial charge in [-0.15, -0.1) is 0 Å². The largest absolute Gasteiger partial charge is 0.435 e. The Morgan fingerprint density at radius 2 is 1.63 bits per heavy atom. The minimum atomic E-state index is -4.50. The number of aromatic nitrogens is 2. The van der Waals surface area contributed by atoms with E-state index in [1.54, 1.807) is 30.5 Å². The maximum Gasteiger partial charge on any atom is 0.435 e. The Morgan fingerprint density at radius 1 is 1.03 bits per heavy atom. The number of hydrogen-bond donors (Lipinski definition) is 1. The SMILES string of the molecule is CC(C)Cn1nc(C(F)(F)F)cc1-c1ccc(-c2ccc(CO)c(S(C)=O)c2)cc1. The van der Waals surface area contributed by atoms with Gasteiger partial charge in [0.15, 0.2) is 5.69 Å². The molecule has 0 aliphatic heterocycles. The van der Waals surface area contributed by atoms with Crippen molar-refractivity contribution in [3.05, 3.63) is 59.8 Å². The summed E-state index contributed by atoms with van der Waals surface area (Å²) >= 11 is 0. The van der Waals surface area contributed by atoms with Gasteiger partial charge >= 0.3 is 6.18 Å². The number of halogens is 3. The maximum absolute atomic E-state index is 13.2. The lowest BCUT2D eigenvalue weighted by molar-refractivity contribution is -0.141. The fourth-order valence-electron chi connectivity index (χ4n) is 3.24. The van der Waals surface area contributed by atoms with Crippen LogP contribution in [0.2, 0.25) is 0 Å². The van der Waals surface area contributed by atoms with Gasteiger partial charge in [-0.3, -0.25) is 8.89 Å². The molecule has 4 nitrogen and oxygen atoms in total. The van der Waals surface area contributed by atoms with Crippen molar-refractivity contribution in [2.24, 2.45) is 5.92 Å². The van der Waals surface area contributed by atoms with Crippen LogP contribution < -0.4 is 0 Å². The first-order valence-corrected chi connectivity index (χ1v) is 11.0. The van der Waals surface area contributed by atoms with Crippen molar-refractivity contribution in [2.45, 2.75) is 38.1 Å². The minimum absolute atomic E-state index is 0.141. The highest BCUT2D eigenvalue weighted by Crippen LogP contribution is 2.33. The smallest absolute Gasteiger partial charge is 0.392 e. The zero-order valence-electron chi connectivity index (χ0n) is 16.9. The van der Waals surface area contributed by atoms with Crippen molar-refractivity contribution < 1.29 is 22.5 Å². The number of aliphatic hydroxyl groups is 1. The highest BCUT2D eigenvalue weighted by Gasteiger charge is 2.35. The molecule has 0 bridgehead atoms. The predicted octanol–water partition coefficient (Wildman–Crippen LogP) is 5.12. The van der Waals surface area contributed by atoms with Crippen LogP contribution in [0, 0.1) is 5.92 Å². The van der Waals surface area contributed by atoms with Crippen LogP contribution in [-0.2, 0) is 30.1 Å². The molecule has 3 aromatic rings. The molecule has 0 amide bonds. The molecule has 2 aromatic carbocycles. The molecule has 0 spiro atoms. The Balaban J connectivity index is 1.99. The van der Waals surface area contributed by atoms with Crippen molar-refractivity contribution in [3.63, 3.8) is 0 Å². The molecule has 0 fully saturated rings. The first kappa shape index (κ1) is 22.2. The quantitative estimate of drug-likeness (QED) is 0.583. The van der Waals surface area contributed by atoms with Crippen LogP contribution in [0.5, 0.6) is 0 Å². The minimum Gasteiger partial charge on any atom is -0.392 e. The van der Waals surface area contributed by atoms with E-state index in [2.05, 4.69) is 5.10 Å².